The minimum atomic E-state index is 0.0892. The Labute approximate surface area is 128 Å². The quantitative estimate of drug-likeness (QED) is 0.902. The molecule has 0 aliphatic heterocycles. The molecule has 1 heterocycles. The third-order valence-corrected chi connectivity index (χ3v) is 4.29. The Morgan fingerprint density at radius 3 is 2.57 bits per heavy atom. The summed E-state index contributed by atoms with van der Waals surface area (Å²) < 4.78 is 0. The molecule has 0 unspecified atom stereocenters. The van der Waals surface area contributed by atoms with Crippen molar-refractivity contribution in [2.24, 2.45) is 0 Å². The number of hydrogen-bond acceptors (Lipinski definition) is 2. The van der Waals surface area contributed by atoms with Crippen LogP contribution in [0.15, 0.2) is 24.3 Å². The van der Waals surface area contributed by atoms with E-state index in [0.717, 1.165) is 24.5 Å². The van der Waals surface area contributed by atoms with Crippen LogP contribution in [-0.4, -0.2) is 11.0 Å². The third-order valence-electron chi connectivity index (χ3n) is 4.29. The van der Waals surface area contributed by atoms with Gasteiger partial charge in [-0.05, 0) is 48.6 Å². The zero-order chi connectivity index (χ0) is 15.0. The summed E-state index contributed by atoms with van der Waals surface area (Å²) in [7, 11) is 0. The number of nitrogens with zero attached hydrogens (tertiary/aromatic N) is 1. The first-order valence-corrected chi connectivity index (χ1v) is 8.14. The van der Waals surface area contributed by atoms with E-state index in [4.69, 9.17) is 4.98 Å². The molecule has 1 aromatic carbocycles. The molecule has 1 N–H and O–H groups in total. The fourth-order valence-electron chi connectivity index (χ4n) is 2.63. The lowest BCUT2D eigenvalue weighted by atomic mass is 9.89. The van der Waals surface area contributed by atoms with Crippen molar-refractivity contribution in [1.29, 1.82) is 0 Å². The van der Waals surface area contributed by atoms with Gasteiger partial charge in [0.05, 0.1) is 5.52 Å². The molecule has 0 atom stereocenters. The number of pyridine rings is 1. The molecule has 3 rings (SSSR count). The molecule has 0 saturated heterocycles. The lowest BCUT2D eigenvalue weighted by Gasteiger charge is -2.20. The fourth-order valence-corrected chi connectivity index (χ4v) is 2.63. The lowest BCUT2D eigenvalue weighted by Crippen LogP contribution is -2.18. The molecule has 2 heteroatoms. The predicted molar refractivity (Wildman–Crippen MR) is 89.7 cm³/mol. The topological polar surface area (TPSA) is 24.9 Å². The molecule has 2 nitrogen and oxygen atoms in total. The molecule has 0 bridgehead atoms. The van der Waals surface area contributed by atoms with E-state index in [1.807, 2.05) is 0 Å². The molecular weight excluding hydrogens is 256 g/mol. The summed E-state index contributed by atoms with van der Waals surface area (Å²) in [6, 6.07) is 9.75. The van der Waals surface area contributed by atoms with Gasteiger partial charge in [0.2, 0.25) is 0 Å². The van der Waals surface area contributed by atoms with Crippen LogP contribution in [-0.2, 0) is 18.4 Å². The highest BCUT2D eigenvalue weighted by atomic mass is 14.9. The summed E-state index contributed by atoms with van der Waals surface area (Å²) in [5, 5.41) is 4.97. The first-order valence-electron chi connectivity index (χ1n) is 8.14. The number of nitrogens with one attached hydrogen (secondary N) is 1. The van der Waals surface area contributed by atoms with Gasteiger partial charge < -0.3 is 5.32 Å². The van der Waals surface area contributed by atoms with Crippen LogP contribution in [0, 0.1) is 0 Å². The number of rotatable bonds is 4. The van der Waals surface area contributed by atoms with Crippen LogP contribution < -0.4 is 5.32 Å². The molecular formula is C19H26N2. The second-order valence-electron chi connectivity index (χ2n) is 7.28. The molecule has 1 aromatic heterocycles. The number of aromatic nitrogens is 1. The van der Waals surface area contributed by atoms with Crippen LogP contribution in [0.4, 0.5) is 0 Å². The van der Waals surface area contributed by atoms with Crippen molar-refractivity contribution in [2.45, 2.75) is 65.0 Å². The Morgan fingerprint density at radius 2 is 1.95 bits per heavy atom. The van der Waals surface area contributed by atoms with Crippen LogP contribution in [0.1, 0.15) is 57.4 Å². The molecule has 2 aromatic rings. The van der Waals surface area contributed by atoms with Crippen LogP contribution in [0.5, 0.6) is 0 Å². The normalized spacial score (nSPS) is 15.6. The molecule has 1 aliphatic carbocycles. The number of hydrogen-bond donors (Lipinski definition) is 1. The minimum Gasteiger partial charge on any atom is -0.310 e. The van der Waals surface area contributed by atoms with Gasteiger partial charge in [-0.15, -0.1) is 0 Å². The van der Waals surface area contributed by atoms with Crippen molar-refractivity contribution >= 4 is 10.9 Å². The Balaban J connectivity index is 2.07. The minimum absolute atomic E-state index is 0.0892. The van der Waals surface area contributed by atoms with E-state index >= 15 is 0 Å². The van der Waals surface area contributed by atoms with Crippen LogP contribution in [0.3, 0.4) is 0 Å². The first-order chi connectivity index (χ1) is 9.97. The monoisotopic (exact) mass is 282 g/mol. The van der Waals surface area contributed by atoms with Gasteiger partial charge in [0.25, 0.3) is 0 Å². The van der Waals surface area contributed by atoms with Crippen molar-refractivity contribution in [1.82, 2.24) is 10.3 Å². The predicted octanol–water partition coefficient (Wildman–Crippen LogP) is 4.35. The smallest absolute Gasteiger partial charge is 0.0709 e. The average molecular weight is 282 g/mol. The van der Waals surface area contributed by atoms with Gasteiger partial charge in [-0.2, -0.15) is 0 Å². The second kappa shape index (κ2) is 5.42. The number of aryl methyl sites for hydroxylation is 1. The van der Waals surface area contributed by atoms with Crippen molar-refractivity contribution in [3.8, 4) is 0 Å². The molecule has 0 amide bonds. The highest BCUT2D eigenvalue weighted by Crippen LogP contribution is 2.28. The van der Waals surface area contributed by atoms with Gasteiger partial charge in [0, 0.05) is 29.1 Å². The molecule has 21 heavy (non-hydrogen) atoms. The molecule has 0 spiro atoms. The van der Waals surface area contributed by atoms with E-state index in [1.54, 1.807) is 0 Å². The Hall–Kier alpha value is -1.41. The van der Waals surface area contributed by atoms with Gasteiger partial charge in [0.1, 0.15) is 0 Å². The zero-order valence-electron chi connectivity index (χ0n) is 13.7. The Morgan fingerprint density at radius 1 is 1.19 bits per heavy atom. The van der Waals surface area contributed by atoms with Gasteiger partial charge in [-0.3, -0.25) is 4.98 Å². The Kier molecular flexibility index (Phi) is 3.75. The lowest BCUT2D eigenvalue weighted by molar-refractivity contribution is 0.569. The summed E-state index contributed by atoms with van der Waals surface area (Å²) in [5.41, 5.74) is 5.19. The van der Waals surface area contributed by atoms with Crippen LogP contribution in [0.25, 0.3) is 10.9 Å². The van der Waals surface area contributed by atoms with Gasteiger partial charge >= 0.3 is 0 Å². The summed E-state index contributed by atoms with van der Waals surface area (Å²) in [6.07, 6.45) is 3.73. The van der Waals surface area contributed by atoms with E-state index < -0.39 is 0 Å². The van der Waals surface area contributed by atoms with E-state index in [-0.39, 0.29) is 5.41 Å². The van der Waals surface area contributed by atoms with Crippen molar-refractivity contribution in [3.05, 3.63) is 41.1 Å². The Bertz CT molecular complexity index is 648. The van der Waals surface area contributed by atoms with Gasteiger partial charge in [0.15, 0.2) is 0 Å². The van der Waals surface area contributed by atoms with Crippen molar-refractivity contribution < 1.29 is 0 Å². The standard InChI is InChI=1S/C19H26N2/c1-5-13-6-9-17-16(10-13)14(12-20-15-7-8-15)11-18(21-17)19(2,3)4/h6,9-11,15,20H,5,7-8,12H2,1-4H3. The van der Waals surface area contributed by atoms with E-state index in [0.29, 0.717) is 0 Å². The second-order valence-corrected chi connectivity index (χ2v) is 7.28. The summed E-state index contributed by atoms with van der Waals surface area (Å²) in [6.45, 7) is 9.87. The summed E-state index contributed by atoms with van der Waals surface area (Å²) in [5.74, 6) is 0. The maximum atomic E-state index is 4.90. The van der Waals surface area contributed by atoms with Crippen molar-refractivity contribution in [3.63, 3.8) is 0 Å². The fraction of sp³-hybridized carbons (Fsp3) is 0.526. The molecule has 1 saturated carbocycles. The number of benzene rings is 1. The molecule has 1 aliphatic rings. The van der Waals surface area contributed by atoms with E-state index in [9.17, 15) is 0 Å². The first kappa shape index (κ1) is 14.5. The molecule has 112 valence electrons. The van der Waals surface area contributed by atoms with E-state index in [2.05, 4.69) is 57.3 Å². The number of fused-ring (bicyclic) bond motifs is 1. The van der Waals surface area contributed by atoms with Gasteiger partial charge in [-0.25, -0.2) is 0 Å². The van der Waals surface area contributed by atoms with Crippen molar-refractivity contribution in [2.75, 3.05) is 0 Å². The third kappa shape index (κ3) is 3.26. The van der Waals surface area contributed by atoms with Gasteiger partial charge in [-0.1, -0.05) is 33.8 Å². The van der Waals surface area contributed by atoms with E-state index in [1.165, 1.54) is 35.0 Å². The maximum absolute atomic E-state index is 4.90. The average Bonchev–Trinajstić information content (AvgIpc) is 3.27. The SMILES string of the molecule is CCc1ccc2nc(C(C)(C)C)cc(CNC3CC3)c2c1. The van der Waals surface area contributed by atoms with Crippen LogP contribution >= 0.6 is 0 Å². The summed E-state index contributed by atoms with van der Waals surface area (Å²) >= 11 is 0. The summed E-state index contributed by atoms with van der Waals surface area (Å²) in [4.78, 5) is 4.90. The highest BCUT2D eigenvalue weighted by molar-refractivity contribution is 5.83. The maximum Gasteiger partial charge on any atom is 0.0709 e. The van der Waals surface area contributed by atoms with Crippen LogP contribution in [0.2, 0.25) is 0 Å². The molecule has 1 fully saturated rings. The highest BCUT2D eigenvalue weighted by Gasteiger charge is 2.22. The molecule has 0 radical (unpaired) electrons. The zero-order valence-corrected chi connectivity index (χ0v) is 13.7. The largest absolute Gasteiger partial charge is 0.310 e.